The summed E-state index contributed by atoms with van der Waals surface area (Å²) in [6, 6.07) is 6.07. The van der Waals surface area contributed by atoms with Gasteiger partial charge in [0.05, 0.1) is 10.6 Å². The fourth-order valence-electron chi connectivity index (χ4n) is 1.84. The number of ketones is 1. The molecule has 0 radical (unpaired) electrons. The van der Waals surface area contributed by atoms with Gasteiger partial charge in [0.25, 0.3) is 0 Å². The molecule has 2 nitrogen and oxygen atoms in total. The van der Waals surface area contributed by atoms with E-state index in [1.54, 1.807) is 26.0 Å². The molecule has 0 fully saturated rings. The van der Waals surface area contributed by atoms with Gasteiger partial charge in [-0.15, -0.1) is 0 Å². The predicted octanol–water partition coefficient (Wildman–Crippen LogP) is 4.11. The molecule has 2 aromatic rings. The average molecular weight is 267 g/mol. The number of furan rings is 1. The number of rotatable bonds is 3. The van der Waals surface area contributed by atoms with Gasteiger partial charge in [0.1, 0.15) is 17.3 Å². The quantitative estimate of drug-likeness (QED) is 0.783. The molecule has 0 saturated carbocycles. The van der Waals surface area contributed by atoms with E-state index < -0.39 is 5.82 Å². The minimum Gasteiger partial charge on any atom is -0.466 e. The van der Waals surface area contributed by atoms with Crippen molar-refractivity contribution in [1.82, 2.24) is 0 Å². The first-order valence-corrected chi connectivity index (χ1v) is 5.89. The Morgan fingerprint density at radius 2 is 2.06 bits per heavy atom. The van der Waals surface area contributed by atoms with Crippen molar-refractivity contribution in [2.45, 2.75) is 20.3 Å². The van der Waals surface area contributed by atoms with Crippen LogP contribution in [0.2, 0.25) is 5.02 Å². The fraction of sp³-hybridized carbons (Fsp3) is 0.214. The van der Waals surface area contributed by atoms with Crippen molar-refractivity contribution in [1.29, 1.82) is 0 Å². The Bertz CT molecular complexity index is 602. The summed E-state index contributed by atoms with van der Waals surface area (Å²) >= 11 is 5.59. The van der Waals surface area contributed by atoms with Crippen molar-refractivity contribution in [3.05, 3.63) is 57.8 Å². The smallest absolute Gasteiger partial charge is 0.170 e. The third kappa shape index (κ3) is 2.62. The van der Waals surface area contributed by atoms with Crippen LogP contribution < -0.4 is 0 Å². The molecule has 0 unspecified atom stereocenters. The maximum atomic E-state index is 13.3. The van der Waals surface area contributed by atoms with Gasteiger partial charge in [-0.2, -0.15) is 0 Å². The molecule has 0 aliphatic heterocycles. The van der Waals surface area contributed by atoms with Crippen LogP contribution in [0.25, 0.3) is 0 Å². The summed E-state index contributed by atoms with van der Waals surface area (Å²) in [5.74, 6) is 0.679. The van der Waals surface area contributed by atoms with E-state index in [0.29, 0.717) is 22.6 Å². The third-order valence-corrected chi connectivity index (χ3v) is 3.00. The zero-order chi connectivity index (χ0) is 13.3. The first-order chi connectivity index (χ1) is 8.47. The standard InChI is InChI=1S/C14H12ClFO2/c1-8-5-11(9(2)18-8)14(17)7-10-3-4-12(15)13(16)6-10/h3-6H,7H2,1-2H3. The number of hydrogen-bond acceptors (Lipinski definition) is 2. The van der Waals surface area contributed by atoms with Crippen molar-refractivity contribution in [3.8, 4) is 0 Å². The second-order valence-corrected chi connectivity index (χ2v) is 4.58. The first kappa shape index (κ1) is 12.8. The lowest BCUT2D eigenvalue weighted by molar-refractivity contribution is 0.0991. The van der Waals surface area contributed by atoms with Gasteiger partial charge in [-0.25, -0.2) is 4.39 Å². The third-order valence-electron chi connectivity index (χ3n) is 2.69. The lowest BCUT2D eigenvalue weighted by Crippen LogP contribution is -2.04. The number of aryl methyl sites for hydroxylation is 2. The molecule has 4 heteroatoms. The molecular formula is C14H12ClFO2. The van der Waals surface area contributed by atoms with E-state index in [-0.39, 0.29) is 17.2 Å². The Labute approximate surface area is 109 Å². The van der Waals surface area contributed by atoms with E-state index in [4.69, 9.17) is 16.0 Å². The molecule has 0 bridgehead atoms. The maximum Gasteiger partial charge on any atom is 0.170 e. The molecule has 0 saturated heterocycles. The molecule has 0 spiro atoms. The van der Waals surface area contributed by atoms with E-state index in [9.17, 15) is 9.18 Å². The molecule has 0 amide bonds. The van der Waals surface area contributed by atoms with E-state index in [2.05, 4.69) is 0 Å². The highest BCUT2D eigenvalue weighted by molar-refractivity contribution is 6.30. The predicted molar refractivity (Wildman–Crippen MR) is 67.6 cm³/mol. The average Bonchev–Trinajstić information content (AvgIpc) is 2.63. The van der Waals surface area contributed by atoms with Crippen LogP contribution in [0.3, 0.4) is 0 Å². The fourth-order valence-corrected chi connectivity index (χ4v) is 1.96. The summed E-state index contributed by atoms with van der Waals surface area (Å²) in [6.07, 6.45) is 0.133. The van der Waals surface area contributed by atoms with Crippen LogP contribution in [0.1, 0.15) is 27.4 Å². The lowest BCUT2D eigenvalue weighted by Gasteiger charge is -2.01. The summed E-state index contributed by atoms with van der Waals surface area (Å²) in [4.78, 5) is 12.0. The molecule has 1 aromatic carbocycles. The number of carbonyl (C=O) groups is 1. The summed E-state index contributed by atoms with van der Waals surface area (Å²) in [5.41, 5.74) is 1.14. The highest BCUT2D eigenvalue weighted by Gasteiger charge is 2.14. The van der Waals surface area contributed by atoms with E-state index >= 15 is 0 Å². The highest BCUT2D eigenvalue weighted by atomic mass is 35.5. The molecule has 0 N–H and O–H groups in total. The number of halogens is 2. The number of hydrogen-bond donors (Lipinski definition) is 0. The Hall–Kier alpha value is -1.61. The van der Waals surface area contributed by atoms with Crippen LogP contribution in [-0.2, 0) is 6.42 Å². The van der Waals surface area contributed by atoms with Gasteiger partial charge in [-0.05, 0) is 37.6 Å². The monoisotopic (exact) mass is 266 g/mol. The van der Waals surface area contributed by atoms with E-state index in [1.807, 2.05) is 0 Å². The Morgan fingerprint density at radius 3 is 2.61 bits per heavy atom. The Kier molecular flexibility index (Phi) is 3.53. The molecule has 2 rings (SSSR count). The highest BCUT2D eigenvalue weighted by Crippen LogP contribution is 2.19. The largest absolute Gasteiger partial charge is 0.466 e. The maximum absolute atomic E-state index is 13.3. The molecule has 1 heterocycles. The zero-order valence-electron chi connectivity index (χ0n) is 10.1. The van der Waals surface area contributed by atoms with Gasteiger partial charge in [-0.3, -0.25) is 4.79 Å². The molecule has 18 heavy (non-hydrogen) atoms. The van der Waals surface area contributed by atoms with Crippen LogP contribution in [0.4, 0.5) is 4.39 Å². The van der Waals surface area contributed by atoms with Gasteiger partial charge in [0.15, 0.2) is 5.78 Å². The summed E-state index contributed by atoms with van der Waals surface area (Å²) in [6.45, 7) is 3.52. The summed E-state index contributed by atoms with van der Waals surface area (Å²) in [7, 11) is 0. The normalized spacial score (nSPS) is 10.7. The van der Waals surface area contributed by atoms with Crippen LogP contribution in [-0.4, -0.2) is 5.78 Å². The lowest BCUT2D eigenvalue weighted by atomic mass is 10.0. The SMILES string of the molecule is Cc1cc(C(=O)Cc2ccc(Cl)c(F)c2)c(C)o1. The summed E-state index contributed by atoms with van der Waals surface area (Å²) < 4.78 is 18.6. The van der Waals surface area contributed by atoms with Gasteiger partial charge >= 0.3 is 0 Å². The van der Waals surface area contributed by atoms with Gasteiger partial charge < -0.3 is 4.42 Å². The zero-order valence-corrected chi connectivity index (χ0v) is 10.8. The number of Topliss-reactive ketones (excluding diaryl/α,β-unsaturated/α-hetero) is 1. The minimum atomic E-state index is -0.512. The van der Waals surface area contributed by atoms with Gasteiger partial charge in [0.2, 0.25) is 0 Å². The Morgan fingerprint density at radius 1 is 1.33 bits per heavy atom. The van der Waals surface area contributed by atoms with Crippen LogP contribution in [0, 0.1) is 19.7 Å². The van der Waals surface area contributed by atoms with Crippen molar-refractivity contribution >= 4 is 17.4 Å². The van der Waals surface area contributed by atoms with Gasteiger partial charge in [-0.1, -0.05) is 17.7 Å². The molecular weight excluding hydrogens is 255 g/mol. The molecule has 1 aromatic heterocycles. The second kappa shape index (κ2) is 4.94. The number of benzene rings is 1. The van der Waals surface area contributed by atoms with Crippen molar-refractivity contribution < 1.29 is 13.6 Å². The van der Waals surface area contributed by atoms with Crippen LogP contribution in [0.5, 0.6) is 0 Å². The van der Waals surface area contributed by atoms with E-state index in [1.165, 1.54) is 12.1 Å². The molecule has 94 valence electrons. The second-order valence-electron chi connectivity index (χ2n) is 4.18. The molecule has 0 aliphatic carbocycles. The summed E-state index contributed by atoms with van der Waals surface area (Å²) in [5, 5.41) is 0.0570. The number of carbonyl (C=O) groups excluding carboxylic acids is 1. The van der Waals surface area contributed by atoms with Crippen molar-refractivity contribution in [3.63, 3.8) is 0 Å². The first-order valence-electron chi connectivity index (χ1n) is 5.51. The van der Waals surface area contributed by atoms with Crippen molar-refractivity contribution in [2.75, 3.05) is 0 Å². The molecule has 0 aliphatic rings. The van der Waals surface area contributed by atoms with Gasteiger partial charge in [0, 0.05) is 6.42 Å². The molecule has 0 atom stereocenters. The van der Waals surface area contributed by atoms with E-state index in [0.717, 1.165) is 0 Å². The Balaban J connectivity index is 2.21. The van der Waals surface area contributed by atoms with Crippen LogP contribution in [0.15, 0.2) is 28.7 Å². The van der Waals surface area contributed by atoms with Crippen LogP contribution >= 0.6 is 11.6 Å². The van der Waals surface area contributed by atoms with Crippen molar-refractivity contribution in [2.24, 2.45) is 0 Å². The minimum absolute atomic E-state index is 0.0570. The topological polar surface area (TPSA) is 30.2 Å².